The molecule has 0 fully saturated rings. The van der Waals surface area contributed by atoms with Gasteiger partial charge in [0.05, 0.1) is 6.61 Å². The molecule has 106 valence electrons. The molecule has 4 heteroatoms. The Morgan fingerprint density at radius 2 is 1.86 bits per heavy atom. The van der Waals surface area contributed by atoms with Gasteiger partial charge in [0.2, 0.25) is 5.88 Å². The van der Waals surface area contributed by atoms with Gasteiger partial charge in [-0.15, -0.1) is 0 Å². The Balaban J connectivity index is 1.91. The third kappa shape index (κ3) is 3.06. The van der Waals surface area contributed by atoms with Crippen LogP contribution in [0.4, 0.5) is 0 Å². The monoisotopic (exact) mass is 343 g/mol. The maximum Gasteiger partial charge on any atom is 0.221 e. The van der Waals surface area contributed by atoms with E-state index in [-0.39, 0.29) is 6.61 Å². The van der Waals surface area contributed by atoms with Crippen LogP contribution >= 0.6 is 15.9 Å². The maximum absolute atomic E-state index is 9.38. The Hall–Kier alpha value is -1.91. The number of fused-ring (bicyclic) bond motifs is 1. The summed E-state index contributed by atoms with van der Waals surface area (Å²) < 4.78 is 6.87. The zero-order valence-corrected chi connectivity index (χ0v) is 12.9. The van der Waals surface area contributed by atoms with Gasteiger partial charge in [-0.3, -0.25) is 0 Å². The molecule has 2 aromatic carbocycles. The van der Waals surface area contributed by atoms with E-state index in [1.165, 1.54) is 0 Å². The van der Waals surface area contributed by atoms with Crippen LogP contribution in [-0.4, -0.2) is 10.1 Å². The van der Waals surface area contributed by atoms with Crippen molar-refractivity contribution in [1.29, 1.82) is 0 Å². The van der Waals surface area contributed by atoms with E-state index in [0.29, 0.717) is 12.5 Å². The van der Waals surface area contributed by atoms with Crippen molar-refractivity contribution in [2.24, 2.45) is 0 Å². The van der Waals surface area contributed by atoms with Gasteiger partial charge in [-0.25, -0.2) is 4.98 Å². The van der Waals surface area contributed by atoms with Crippen LogP contribution in [0, 0.1) is 0 Å². The summed E-state index contributed by atoms with van der Waals surface area (Å²) in [5.74, 6) is 0.586. The van der Waals surface area contributed by atoms with E-state index >= 15 is 0 Å². The molecule has 3 rings (SSSR count). The van der Waals surface area contributed by atoms with Gasteiger partial charge < -0.3 is 9.84 Å². The second-order valence-electron chi connectivity index (χ2n) is 4.71. The van der Waals surface area contributed by atoms with Gasteiger partial charge in [0.25, 0.3) is 0 Å². The number of ether oxygens (including phenoxy) is 1. The number of rotatable bonds is 4. The molecule has 1 N–H and O–H groups in total. The van der Waals surface area contributed by atoms with Crippen molar-refractivity contribution in [3.8, 4) is 5.88 Å². The molecule has 0 aliphatic carbocycles. The highest BCUT2D eigenvalue weighted by molar-refractivity contribution is 9.10. The number of halogens is 1. The highest BCUT2D eigenvalue weighted by atomic mass is 79.9. The maximum atomic E-state index is 9.38. The molecule has 0 radical (unpaired) electrons. The van der Waals surface area contributed by atoms with E-state index in [9.17, 15) is 5.11 Å². The molecule has 0 unspecified atom stereocenters. The van der Waals surface area contributed by atoms with Crippen molar-refractivity contribution in [3.05, 3.63) is 70.3 Å². The molecule has 0 saturated heterocycles. The number of nitrogens with zero attached hydrogens (tertiary/aromatic N) is 1. The lowest BCUT2D eigenvalue weighted by atomic mass is 10.1. The van der Waals surface area contributed by atoms with Crippen LogP contribution in [0.25, 0.3) is 10.8 Å². The largest absolute Gasteiger partial charge is 0.472 e. The molecule has 0 atom stereocenters. The fraction of sp³-hybridized carbons (Fsp3) is 0.118. The Kier molecular flexibility index (Phi) is 4.18. The van der Waals surface area contributed by atoms with E-state index in [0.717, 1.165) is 26.4 Å². The number of hydrogen-bond acceptors (Lipinski definition) is 3. The molecule has 0 spiro atoms. The number of hydrogen-bond donors (Lipinski definition) is 1. The molecule has 0 saturated carbocycles. The second kappa shape index (κ2) is 6.24. The Bertz CT molecular complexity index is 774. The standard InChI is InChI=1S/C17H14BrNO2/c18-14-5-3-4-12(8-14)11-21-17-16-7-2-1-6-15(16)13(10-20)9-19-17/h1-9,20H,10-11H2. The van der Waals surface area contributed by atoms with Gasteiger partial charge in [-0.05, 0) is 29.1 Å². The third-order valence-corrected chi connectivity index (χ3v) is 3.77. The zero-order valence-electron chi connectivity index (χ0n) is 11.3. The summed E-state index contributed by atoms with van der Waals surface area (Å²) in [7, 11) is 0. The first-order valence-corrected chi connectivity index (χ1v) is 7.42. The molecule has 0 bridgehead atoms. The molecule has 21 heavy (non-hydrogen) atoms. The quantitative estimate of drug-likeness (QED) is 0.776. The fourth-order valence-electron chi connectivity index (χ4n) is 2.24. The van der Waals surface area contributed by atoms with Crippen molar-refractivity contribution in [2.75, 3.05) is 0 Å². The SMILES string of the molecule is OCc1cnc(OCc2cccc(Br)c2)c2ccccc12. The average Bonchev–Trinajstić information content (AvgIpc) is 2.52. The van der Waals surface area contributed by atoms with Crippen molar-refractivity contribution in [1.82, 2.24) is 4.98 Å². The summed E-state index contributed by atoms with van der Waals surface area (Å²) in [5, 5.41) is 11.3. The normalized spacial score (nSPS) is 10.8. The summed E-state index contributed by atoms with van der Waals surface area (Å²) >= 11 is 3.45. The summed E-state index contributed by atoms with van der Waals surface area (Å²) in [5.41, 5.74) is 1.88. The lowest BCUT2D eigenvalue weighted by molar-refractivity contribution is 0.280. The minimum absolute atomic E-state index is 0.0283. The highest BCUT2D eigenvalue weighted by Crippen LogP contribution is 2.27. The fourth-order valence-corrected chi connectivity index (χ4v) is 2.69. The third-order valence-electron chi connectivity index (χ3n) is 3.28. The first-order chi connectivity index (χ1) is 10.3. The van der Waals surface area contributed by atoms with Crippen molar-refractivity contribution >= 4 is 26.7 Å². The Morgan fingerprint density at radius 1 is 1.05 bits per heavy atom. The van der Waals surface area contributed by atoms with Gasteiger partial charge in [-0.2, -0.15) is 0 Å². The van der Waals surface area contributed by atoms with Crippen molar-refractivity contribution in [3.63, 3.8) is 0 Å². The van der Waals surface area contributed by atoms with Gasteiger partial charge in [-0.1, -0.05) is 46.3 Å². The average molecular weight is 344 g/mol. The van der Waals surface area contributed by atoms with Gasteiger partial charge in [0, 0.05) is 21.6 Å². The molecule has 3 aromatic rings. The second-order valence-corrected chi connectivity index (χ2v) is 5.63. The van der Waals surface area contributed by atoms with Crippen LogP contribution < -0.4 is 4.74 Å². The summed E-state index contributed by atoms with van der Waals surface area (Å²) in [4.78, 5) is 4.32. The van der Waals surface area contributed by atoms with Crippen LogP contribution in [0.15, 0.2) is 59.2 Å². The summed E-state index contributed by atoms with van der Waals surface area (Å²) in [6.45, 7) is 0.425. The number of aliphatic hydroxyl groups excluding tert-OH is 1. The number of pyridine rings is 1. The van der Waals surface area contributed by atoms with Crippen LogP contribution in [0.5, 0.6) is 5.88 Å². The van der Waals surface area contributed by atoms with Crippen LogP contribution in [0.3, 0.4) is 0 Å². The van der Waals surface area contributed by atoms with Gasteiger partial charge in [0.15, 0.2) is 0 Å². The molecule has 1 aromatic heterocycles. The predicted octanol–water partition coefficient (Wildman–Crippen LogP) is 4.07. The van der Waals surface area contributed by atoms with Crippen LogP contribution in [0.2, 0.25) is 0 Å². The first kappa shape index (κ1) is 14.0. The molecular weight excluding hydrogens is 330 g/mol. The zero-order chi connectivity index (χ0) is 14.7. The van der Waals surface area contributed by atoms with Gasteiger partial charge >= 0.3 is 0 Å². The molecule has 1 heterocycles. The van der Waals surface area contributed by atoms with Crippen molar-refractivity contribution < 1.29 is 9.84 Å². The van der Waals surface area contributed by atoms with Crippen LogP contribution in [-0.2, 0) is 13.2 Å². The summed E-state index contributed by atoms with van der Waals surface area (Å²) in [6, 6.07) is 15.8. The lowest BCUT2D eigenvalue weighted by Crippen LogP contribution is -1.99. The smallest absolute Gasteiger partial charge is 0.221 e. The van der Waals surface area contributed by atoms with E-state index in [1.807, 2.05) is 48.5 Å². The van der Waals surface area contributed by atoms with E-state index < -0.39 is 0 Å². The lowest BCUT2D eigenvalue weighted by Gasteiger charge is -2.10. The Labute approximate surface area is 131 Å². The minimum atomic E-state index is -0.0283. The van der Waals surface area contributed by atoms with Crippen LogP contribution in [0.1, 0.15) is 11.1 Å². The number of aliphatic hydroxyl groups is 1. The predicted molar refractivity (Wildman–Crippen MR) is 86.1 cm³/mol. The molecule has 3 nitrogen and oxygen atoms in total. The van der Waals surface area contributed by atoms with Gasteiger partial charge in [0.1, 0.15) is 6.61 Å². The first-order valence-electron chi connectivity index (χ1n) is 6.62. The molecular formula is C17H14BrNO2. The summed E-state index contributed by atoms with van der Waals surface area (Å²) in [6.07, 6.45) is 1.67. The number of aromatic nitrogens is 1. The Morgan fingerprint density at radius 3 is 2.62 bits per heavy atom. The molecule has 0 aliphatic heterocycles. The van der Waals surface area contributed by atoms with E-state index in [2.05, 4.69) is 20.9 Å². The highest BCUT2D eigenvalue weighted by Gasteiger charge is 2.08. The minimum Gasteiger partial charge on any atom is -0.472 e. The molecule has 0 amide bonds. The number of benzene rings is 2. The van der Waals surface area contributed by atoms with E-state index in [4.69, 9.17) is 4.74 Å². The topological polar surface area (TPSA) is 42.4 Å². The molecule has 0 aliphatic rings. The van der Waals surface area contributed by atoms with E-state index in [1.54, 1.807) is 6.20 Å². The van der Waals surface area contributed by atoms with Crippen molar-refractivity contribution in [2.45, 2.75) is 13.2 Å².